The number of para-hydroxylation sites is 1. The average molecular weight is 334 g/mol. The molecule has 1 heterocycles. The molecule has 0 saturated heterocycles. The Morgan fingerprint density at radius 3 is 2.67 bits per heavy atom. The lowest BCUT2D eigenvalue weighted by molar-refractivity contribution is 0.248. The number of benzene rings is 1. The summed E-state index contributed by atoms with van der Waals surface area (Å²) in [6.07, 6.45) is 0.140. The van der Waals surface area contributed by atoms with Gasteiger partial charge >= 0.3 is 16.1 Å². The number of urea groups is 1. The van der Waals surface area contributed by atoms with Crippen LogP contribution in [0.1, 0.15) is 12.5 Å². The molecule has 0 saturated carbocycles. The number of carbonyl (C=O) groups excluding carboxylic acids is 1. The number of amides is 2. The summed E-state index contributed by atoms with van der Waals surface area (Å²) >= 11 is 0. The highest BCUT2D eigenvalue weighted by molar-refractivity contribution is 7.90. The molecule has 0 bridgehead atoms. The van der Waals surface area contributed by atoms with Crippen molar-refractivity contribution in [2.24, 2.45) is 0 Å². The highest BCUT2D eigenvalue weighted by Gasteiger charge is 2.35. The molecule has 116 valence electrons. The van der Waals surface area contributed by atoms with E-state index in [9.17, 15) is 21.6 Å². The number of sulfonamides is 1. The first-order valence-electron chi connectivity index (χ1n) is 5.97. The first-order chi connectivity index (χ1) is 9.67. The minimum atomic E-state index is -4.23. The fourth-order valence-electron chi connectivity index (χ4n) is 1.87. The van der Waals surface area contributed by atoms with Crippen LogP contribution >= 0.6 is 0 Å². The molecule has 1 aliphatic rings. The number of rotatable bonds is 2. The average Bonchev–Trinajstić information content (AvgIpc) is 2.38. The first kappa shape index (κ1) is 15.6. The molecule has 0 aliphatic carbocycles. The standard InChI is InChI=1S/C11H14N2O6S2/c1-7-6-8-4-3-5-9(10(8)19-21(7,17)18)20(15,16)13-11(14)12-2/h3-5,7H,6H2,1-2H3,(H2,12,13,14). The molecular weight excluding hydrogens is 320 g/mol. The fourth-order valence-corrected chi connectivity index (χ4v) is 4.03. The van der Waals surface area contributed by atoms with Gasteiger partial charge in [0.2, 0.25) is 0 Å². The lowest BCUT2D eigenvalue weighted by atomic mass is 10.1. The summed E-state index contributed by atoms with van der Waals surface area (Å²) in [5.74, 6) is -0.257. The van der Waals surface area contributed by atoms with E-state index < -0.39 is 31.4 Å². The molecule has 1 unspecified atom stereocenters. The molecule has 0 aromatic heterocycles. The minimum absolute atomic E-state index is 0.140. The van der Waals surface area contributed by atoms with Crippen molar-refractivity contribution in [2.45, 2.75) is 23.5 Å². The zero-order valence-electron chi connectivity index (χ0n) is 11.3. The van der Waals surface area contributed by atoms with Crippen molar-refractivity contribution in [2.75, 3.05) is 7.05 Å². The van der Waals surface area contributed by atoms with Crippen molar-refractivity contribution >= 4 is 26.2 Å². The Morgan fingerprint density at radius 2 is 2.05 bits per heavy atom. The summed E-state index contributed by atoms with van der Waals surface area (Å²) < 4.78 is 54.5. The normalized spacial score (nSPS) is 20.0. The maximum atomic E-state index is 12.1. The maximum Gasteiger partial charge on any atom is 0.328 e. The van der Waals surface area contributed by atoms with E-state index >= 15 is 0 Å². The summed E-state index contributed by atoms with van der Waals surface area (Å²) in [7, 11) is -6.86. The van der Waals surface area contributed by atoms with Crippen LogP contribution < -0.4 is 14.2 Å². The smallest absolute Gasteiger partial charge is 0.328 e. The van der Waals surface area contributed by atoms with Gasteiger partial charge in [0.05, 0.1) is 5.25 Å². The van der Waals surface area contributed by atoms with Gasteiger partial charge in [-0.15, -0.1) is 0 Å². The molecule has 1 aliphatic heterocycles. The Morgan fingerprint density at radius 1 is 1.38 bits per heavy atom. The molecule has 21 heavy (non-hydrogen) atoms. The van der Waals surface area contributed by atoms with Crippen molar-refractivity contribution in [1.29, 1.82) is 0 Å². The van der Waals surface area contributed by atoms with Crippen LogP contribution in [0.15, 0.2) is 23.1 Å². The molecule has 8 nitrogen and oxygen atoms in total. The van der Waals surface area contributed by atoms with Gasteiger partial charge < -0.3 is 9.50 Å². The summed E-state index contributed by atoms with van der Waals surface area (Å²) in [5.41, 5.74) is 0.456. The van der Waals surface area contributed by atoms with E-state index in [-0.39, 0.29) is 17.1 Å². The number of fused-ring (bicyclic) bond motifs is 1. The topological polar surface area (TPSA) is 119 Å². The molecule has 0 spiro atoms. The lowest BCUT2D eigenvalue weighted by Crippen LogP contribution is -2.38. The Balaban J connectivity index is 2.54. The van der Waals surface area contributed by atoms with Gasteiger partial charge in [0.25, 0.3) is 10.0 Å². The second-order valence-electron chi connectivity index (χ2n) is 4.52. The Labute approximate surface area is 122 Å². The van der Waals surface area contributed by atoms with Crippen LogP contribution in [0.25, 0.3) is 0 Å². The zero-order chi connectivity index (χ0) is 15.8. The minimum Gasteiger partial charge on any atom is -0.380 e. The summed E-state index contributed by atoms with van der Waals surface area (Å²) in [4.78, 5) is 10.8. The molecule has 1 aromatic carbocycles. The number of hydrogen-bond donors (Lipinski definition) is 2. The summed E-state index contributed by atoms with van der Waals surface area (Å²) in [5, 5.41) is 1.34. The van der Waals surface area contributed by atoms with Crippen LogP contribution in [0.2, 0.25) is 0 Å². The van der Waals surface area contributed by atoms with Crippen LogP contribution in [0.5, 0.6) is 5.75 Å². The van der Waals surface area contributed by atoms with Crippen LogP contribution in [0, 0.1) is 0 Å². The molecule has 2 N–H and O–H groups in total. The van der Waals surface area contributed by atoms with Gasteiger partial charge in [-0.1, -0.05) is 12.1 Å². The second kappa shape index (κ2) is 5.19. The Hall–Kier alpha value is -1.81. The van der Waals surface area contributed by atoms with Gasteiger partial charge in [0.1, 0.15) is 4.90 Å². The van der Waals surface area contributed by atoms with E-state index in [0.717, 1.165) is 0 Å². The van der Waals surface area contributed by atoms with Crippen molar-refractivity contribution in [1.82, 2.24) is 10.0 Å². The van der Waals surface area contributed by atoms with Gasteiger partial charge in [-0.3, -0.25) is 0 Å². The molecule has 2 rings (SSSR count). The Kier molecular flexibility index (Phi) is 3.85. The van der Waals surface area contributed by atoms with Gasteiger partial charge in [0.15, 0.2) is 5.75 Å². The predicted octanol–water partition coefficient (Wildman–Crippen LogP) is -0.0425. The number of carbonyl (C=O) groups is 1. The van der Waals surface area contributed by atoms with E-state index in [1.165, 1.54) is 26.1 Å². The van der Waals surface area contributed by atoms with Crippen LogP contribution in [-0.4, -0.2) is 35.2 Å². The Bertz CT molecular complexity index is 785. The van der Waals surface area contributed by atoms with Crippen LogP contribution in [0.3, 0.4) is 0 Å². The predicted molar refractivity (Wildman–Crippen MR) is 73.9 cm³/mol. The lowest BCUT2D eigenvalue weighted by Gasteiger charge is -2.23. The first-order valence-corrected chi connectivity index (χ1v) is 8.92. The zero-order valence-corrected chi connectivity index (χ0v) is 12.9. The second-order valence-corrected chi connectivity index (χ2v) is 8.13. The highest BCUT2D eigenvalue weighted by atomic mass is 32.2. The van der Waals surface area contributed by atoms with Crippen molar-refractivity contribution in [3.63, 3.8) is 0 Å². The molecule has 1 aromatic rings. The van der Waals surface area contributed by atoms with Gasteiger partial charge in [-0.25, -0.2) is 17.9 Å². The van der Waals surface area contributed by atoms with Gasteiger partial charge in [-0.2, -0.15) is 8.42 Å². The van der Waals surface area contributed by atoms with E-state index in [0.29, 0.717) is 5.56 Å². The molecule has 0 radical (unpaired) electrons. The monoisotopic (exact) mass is 334 g/mol. The third-order valence-corrected chi connectivity index (χ3v) is 5.91. The molecule has 2 amide bonds. The molecule has 10 heteroatoms. The summed E-state index contributed by atoms with van der Waals surface area (Å²) in [6.45, 7) is 1.47. The van der Waals surface area contributed by atoms with Crippen molar-refractivity contribution < 1.29 is 25.8 Å². The summed E-state index contributed by atoms with van der Waals surface area (Å²) in [6, 6.07) is 3.29. The van der Waals surface area contributed by atoms with E-state index in [1.807, 2.05) is 0 Å². The number of nitrogens with one attached hydrogen (secondary N) is 2. The van der Waals surface area contributed by atoms with E-state index in [2.05, 4.69) is 5.32 Å². The van der Waals surface area contributed by atoms with Crippen molar-refractivity contribution in [3.05, 3.63) is 23.8 Å². The van der Waals surface area contributed by atoms with Gasteiger partial charge in [0, 0.05) is 7.05 Å². The van der Waals surface area contributed by atoms with E-state index in [1.54, 1.807) is 10.8 Å². The van der Waals surface area contributed by atoms with Crippen LogP contribution in [0.4, 0.5) is 4.79 Å². The molecular formula is C11H14N2O6S2. The fraction of sp³-hybridized carbons (Fsp3) is 0.364. The largest absolute Gasteiger partial charge is 0.380 e. The van der Waals surface area contributed by atoms with Crippen molar-refractivity contribution in [3.8, 4) is 5.75 Å². The quantitative estimate of drug-likeness (QED) is 0.733. The third-order valence-electron chi connectivity index (χ3n) is 3.00. The van der Waals surface area contributed by atoms with E-state index in [4.69, 9.17) is 4.18 Å². The van der Waals surface area contributed by atoms with Crippen LogP contribution in [-0.2, 0) is 26.6 Å². The van der Waals surface area contributed by atoms with Gasteiger partial charge in [-0.05, 0) is 25.0 Å². The number of hydrogen-bond acceptors (Lipinski definition) is 6. The molecule has 0 fully saturated rings. The highest BCUT2D eigenvalue weighted by Crippen LogP contribution is 2.35. The molecule has 1 atom stereocenters. The third kappa shape index (κ3) is 2.95. The SMILES string of the molecule is CNC(=O)NS(=O)(=O)c1cccc2c1OS(=O)(=O)C(C)C2. The maximum absolute atomic E-state index is 12.1.